The lowest BCUT2D eigenvalue weighted by Crippen LogP contribution is -2.50. The average molecular weight is 487 g/mol. The highest BCUT2D eigenvalue weighted by Crippen LogP contribution is 2.19. The predicted octanol–water partition coefficient (Wildman–Crippen LogP) is 5.63. The van der Waals surface area contributed by atoms with E-state index in [0.29, 0.717) is 39.0 Å². The summed E-state index contributed by atoms with van der Waals surface area (Å²) < 4.78 is 5.84. The maximum atomic E-state index is 13.6. The van der Waals surface area contributed by atoms with Crippen LogP contribution < -0.4 is 10.1 Å². The normalized spacial score (nSPS) is 11.5. The van der Waals surface area contributed by atoms with Crippen molar-refractivity contribution in [3.05, 3.63) is 101 Å². The lowest BCUT2D eigenvalue weighted by atomic mass is 10.0. The fraction of sp³-hybridized carbons (Fsp3) is 0.355. The number of hydrogen-bond acceptors (Lipinski definition) is 3. The highest BCUT2D eigenvalue weighted by molar-refractivity contribution is 5.88. The Kier molecular flexibility index (Phi) is 10.6. The number of aryl methyl sites for hydroxylation is 2. The average Bonchev–Trinajstić information content (AvgIpc) is 2.89. The van der Waals surface area contributed by atoms with Crippen molar-refractivity contribution in [3.63, 3.8) is 0 Å². The number of carbonyl (C=O) groups is 2. The van der Waals surface area contributed by atoms with Crippen LogP contribution in [0, 0.1) is 13.8 Å². The van der Waals surface area contributed by atoms with Gasteiger partial charge in [0.05, 0.1) is 6.61 Å². The van der Waals surface area contributed by atoms with Crippen LogP contribution >= 0.6 is 0 Å². The van der Waals surface area contributed by atoms with Gasteiger partial charge in [-0.2, -0.15) is 0 Å². The molecule has 0 aliphatic heterocycles. The first-order valence-corrected chi connectivity index (χ1v) is 12.8. The summed E-state index contributed by atoms with van der Waals surface area (Å²) in [5.41, 5.74) is 4.35. The van der Waals surface area contributed by atoms with E-state index in [4.69, 9.17) is 4.74 Å². The summed E-state index contributed by atoms with van der Waals surface area (Å²) in [6.07, 6.45) is 2.19. The van der Waals surface area contributed by atoms with E-state index in [-0.39, 0.29) is 11.8 Å². The van der Waals surface area contributed by atoms with Gasteiger partial charge in [0.1, 0.15) is 11.8 Å². The minimum absolute atomic E-state index is 0.0432. The summed E-state index contributed by atoms with van der Waals surface area (Å²) in [7, 11) is 0. The van der Waals surface area contributed by atoms with Crippen LogP contribution in [0.4, 0.5) is 0 Å². The molecule has 5 heteroatoms. The van der Waals surface area contributed by atoms with Crippen molar-refractivity contribution >= 4 is 11.8 Å². The number of rotatable bonds is 13. The van der Waals surface area contributed by atoms with Gasteiger partial charge in [0.2, 0.25) is 11.8 Å². The zero-order chi connectivity index (χ0) is 25.8. The Morgan fingerprint density at radius 1 is 0.917 bits per heavy atom. The van der Waals surface area contributed by atoms with Crippen LogP contribution in [-0.4, -0.2) is 35.9 Å². The molecule has 2 amide bonds. The molecular weight excluding hydrogens is 448 g/mol. The van der Waals surface area contributed by atoms with E-state index in [1.165, 1.54) is 5.56 Å². The zero-order valence-corrected chi connectivity index (χ0v) is 21.7. The molecule has 0 heterocycles. The molecule has 0 aliphatic carbocycles. The van der Waals surface area contributed by atoms with Gasteiger partial charge in [0.25, 0.3) is 0 Å². The fourth-order valence-electron chi connectivity index (χ4n) is 4.08. The Balaban J connectivity index is 1.78. The Bertz CT molecular complexity index is 1100. The van der Waals surface area contributed by atoms with Gasteiger partial charge < -0.3 is 15.0 Å². The number of nitrogens with zero attached hydrogens (tertiary/aromatic N) is 1. The lowest BCUT2D eigenvalue weighted by molar-refractivity contribution is -0.141. The molecule has 190 valence electrons. The Morgan fingerprint density at radius 3 is 2.31 bits per heavy atom. The van der Waals surface area contributed by atoms with Gasteiger partial charge in [-0.3, -0.25) is 9.59 Å². The standard InChI is InChI=1S/C31H38N2O3/c1-4-20-32-31(35)29(22-26-12-6-5-7-13-26)33(23-27-14-9-8-11-25(27)3)30(34)15-10-21-36-28-18-16-24(2)17-19-28/h5-9,11-14,16-19,29H,4,10,15,20-23H2,1-3H3,(H,32,35)/t29-/m0/s1. The van der Waals surface area contributed by atoms with Crippen LogP contribution in [0.5, 0.6) is 5.75 Å². The van der Waals surface area contributed by atoms with Gasteiger partial charge in [0, 0.05) is 25.9 Å². The summed E-state index contributed by atoms with van der Waals surface area (Å²) in [5, 5.41) is 3.02. The third-order valence-corrected chi connectivity index (χ3v) is 6.25. The summed E-state index contributed by atoms with van der Waals surface area (Å²) in [5.74, 6) is 0.641. The van der Waals surface area contributed by atoms with E-state index in [0.717, 1.165) is 28.9 Å². The Hall–Kier alpha value is -3.60. The van der Waals surface area contributed by atoms with Gasteiger partial charge in [-0.25, -0.2) is 0 Å². The van der Waals surface area contributed by atoms with E-state index in [1.807, 2.05) is 99.6 Å². The van der Waals surface area contributed by atoms with Gasteiger partial charge >= 0.3 is 0 Å². The summed E-state index contributed by atoms with van der Waals surface area (Å²) in [6.45, 7) is 7.52. The number of hydrogen-bond donors (Lipinski definition) is 1. The van der Waals surface area contributed by atoms with Crippen LogP contribution in [-0.2, 0) is 22.6 Å². The maximum absolute atomic E-state index is 13.6. The summed E-state index contributed by atoms with van der Waals surface area (Å²) >= 11 is 0. The van der Waals surface area contributed by atoms with Crippen molar-refractivity contribution in [2.24, 2.45) is 0 Å². The second kappa shape index (κ2) is 14.1. The molecule has 0 saturated carbocycles. The van der Waals surface area contributed by atoms with E-state index in [1.54, 1.807) is 4.90 Å². The third kappa shape index (κ3) is 8.26. The molecule has 0 aliphatic rings. The molecule has 3 rings (SSSR count). The first-order valence-electron chi connectivity index (χ1n) is 12.8. The van der Waals surface area contributed by atoms with Crippen molar-refractivity contribution in [3.8, 4) is 5.75 Å². The van der Waals surface area contributed by atoms with E-state index >= 15 is 0 Å². The van der Waals surface area contributed by atoms with Gasteiger partial charge in [-0.1, -0.05) is 79.2 Å². The monoisotopic (exact) mass is 486 g/mol. The summed E-state index contributed by atoms with van der Waals surface area (Å²) in [6, 6.07) is 25.2. The first-order chi connectivity index (χ1) is 17.5. The molecule has 0 saturated heterocycles. The van der Waals surface area contributed by atoms with Crippen LogP contribution in [0.15, 0.2) is 78.9 Å². The highest BCUT2D eigenvalue weighted by Gasteiger charge is 2.30. The number of carbonyl (C=O) groups excluding carboxylic acids is 2. The molecule has 0 fully saturated rings. The predicted molar refractivity (Wildman–Crippen MR) is 145 cm³/mol. The van der Waals surface area contributed by atoms with Gasteiger partial charge in [0.15, 0.2) is 0 Å². The zero-order valence-electron chi connectivity index (χ0n) is 21.7. The third-order valence-electron chi connectivity index (χ3n) is 6.25. The quantitative estimate of drug-likeness (QED) is 0.319. The van der Waals surface area contributed by atoms with Crippen LogP contribution in [0.25, 0.3) is 0 Å². The van der Waals surface area contributed by atoms with Crippen LogP contribution in [0.1, 0.15) is 48.4 Å². The topological polar surface area (TPSA) is 58.6 Å². The van der Waals surface area contributed by atoms with Crippen LogP contribution in [0.2, 0.25) is 0 Å². The van der Waals surface area contributed by atoms with Crippen LogP contribution in [0.3, 0.4) is 0 Å². The molecular formula is C31H38N2O3. The molecule has 3 aromatic rings. The van der Waals surface area contributed by atoms with Crippen molar-refractivity contribution < 1.29 is 14.3 Å². The Labute approximate surface area is 215 Å². The molecule has 5 nitrogen and oxygen atoms in total. The fourth-order valence-corrected chi connectivity index (χ4v) is 4.08. The Morgan fingerprint density at radius 2 is 1.61 bits per heavy atom. The summed E-state index contributed by atoms with van der Waals surface area (Å²) in [4.78, 5) is 28.7. The molecule has 36 heavy (non-hydrogen) atoms. The number of amides is 2. The van der Waals surface area contributed by atoms with Gasteiger partial charge in [-0.15, -0.1) is 0 Å². The van der Waals surface area contributed by atoms with E-state index in [9.17, 15) is 9.59 Å². The number of ether oxygens (including phenoxy) is 1. The van der Waals surface area contributed by atoms with E-state index < -0.39 is 6.04 Å². The number of nitrogens with one attached hydrogen (secondary N) is 1. The molecule has 0 bridgehead atoms. The molecule has 1 N–H and O–H groups in total. The lowest BCUT2D eigenvalue weighted by Gasteiger charge is -2.32. The van der Waals surface area contributed by atoms with Crippen molar-refractivity contribution in [2.75, 3.05) is 13.2 Å². The second-order valence-electron chi connectivity index (χ2n) is 9.21. The number of benzene rings is 3. The maximum Gasteiger partial charge on any atom is 0.243 e. The molecule has 0 radical (unpaired) electrons. The SMILES string of the molecule is CCCNC(=O)[C@H](Cc1ccccc1)N(Cc1ccccc1C)C(=O)CCCOc1ccc(C)cc1. The molecule has 3 aromatic carbocycles. The minimum atomic E-state index is -0.593. The van der Waals surface area contributed by atoms with Crippen molar-refractivity contribution in [1.82, 2.24) is 10.2 Å². The molecule has 0 spiro atoms. The molecule has 0 aromatic heterocycles. The van der Waals surface area contributed by atoms with Gasteiger partial charge in [-0.05, 0) is 55.5 Å². The first kappa shape index (κ1) is 27.0. The minimum Gasteiger partial charge on any atom is -0.494 e. The van der Waals surface area contributed by atoms with Crippen molar-refractivity contribution in [1.29, 1.82) is 0 Å². The van der Waals surface area contributed by atoms with E-state index in [2.05, 4.69) is 5.32 Å². The highest BCUT2D eigenvalue weighted by atomic mass is 16.5. The second-order valence-corrected chi connectivity index (χ2v) is 9.21. The van der Waals surface area contributed by atoms with Crippen molar-refractivity contribution in [2.45, 2.75) is 59.0 Å². The molecule has 1 atom stereocenters. The molecule has 0 unspecified atom stereocenters. The smallest absolute Gasteiger partial charge is 0.243 e. The largest absolute Gasteiger partial charge is 0.494 e.